The van der Waals surface area contributed by atoms with E-state index >= 15 is 0 Å². The first-order chi connectivity index (χ1) is 14.5. The first-order valence-electron chi connectivity index (χ1n) is 11.9. The van der Waals surface area contributed by atoms with Gasteiger partial charge in [-0.3, -0.25) is 0 Å². The molecule has 1 aliphatic heterocycles. The van der Waals surface area contributed by atoms with Gasteiger partial charge in [0.25, 0.3) is 5.09 Å². The van der Waals surface area contributed by atoms with Gasteiger partial charge in [0, 0.05) is 11.5 Å². The monoisotopic (exact) mass is 433 g/mol. The predicted octanol–water partition coefficient (Wildman–Crippen LogP) is 6.52. The number of benzene rings is 1. The van der Waals surface area contributed by atoms with Gasteiger partial charge in [0.05, 0.1) is 6.61 Å². The molecule has 3 rings (SSSR count). The molecule has 0 aromatic heterocycles. The maximum absolute atomic E-state index is 11.1. The highest BCUT2D eigenvalue weighted by molar-refractivity contribution is 5.53. The number of nitrogens with zero attached hydrogens (tertiary/aromatic N) is 1. The van der Waals surface area contributed by atoms with E-state index in [0.717, 1.165) is 42.6 Å². The smallest absolute Gasteiger partial charge is 0.294 e. The van der Waals surface area contributed by atoms with E-state index in [0.29, 0.717) is 5.75 Å². The maximum Gasteiger partial charge on any atom is 0.294 e. The summed E-state index contributed by atoms with van der Waals surface area (Å²) in [6.07, 6.45) is 8.51. The third-order valence-corrected chi connectivity index (χ3v) is 7.57. The highest BCUT2D eigenvalue weighted by Gasteiger charge is 2.48. The lowest BCUT2D eigenvalue weighted by Gasteiger charge is -2.49. The summed E-state index contributed by atoms with van der Waals surface area (Å²) in [6.45, 7) is 11.1. The average Bonchev–Trinajstić information content (AvgIpc) is 2.68. The van der Waals surface area contributed by atoms with Gasteiger partial charge in [0.1, 0.15) is 17.1 Å². The summed E-state index contributed by atoms with van der Waals surface area (Å²) in [7, 11) is 0. The van der Waals surface area contributed by atoms with Crippen LogP contribution in [0.3, 0.4) is 0 Å². The number of phenols is 1. The topological polar surface area (TPSA) is 81.8 Å². The van der Waals surface area contributed by atoms with Crippen molar-refractivity contribution >= 4 is 0 Å². The Hall–Kier alpha value is -1.98. The minimum Gasteiger partial charge on any atom is -0.508 e. The lowest BCUT2D eigenvalue weighted by Crippen LogP contribution is -2.47. The van der Waals surface area contributed by atoms with Gasteiger partial charge < -0.3 is 14.7 Å². The molecule has 3 atom stereocenters. The fourth-order valence-corrected chi connectivity index (χ4v) is 5.68. The van der Waals surface area contributed by atoms with Crippen molar-refractivity contribution < 1.29 is 19.8 Å². The Morgan fingerprint density at radius 2 is 2.00 bits per heavy atom. The van der Waals surface area contributed by atoms with Gasteiger partial charge in [-0.15, -0.1) is 10.1 Å². The first kappa shape index (κ1) is 23.7. The predicted molar refractivity (Wildman–Crippen MR) is 121 cm³/mol. The molecule has 174 valence electrons. The quantitative estimate of drug-likeness (QED) is 0.272. The Morgan fingerprint density at radius 1 is 1.26 bits per heavy atom. The van der Waals surface area contributed by atoms with Crippen LogP contribution >= 0.6 is 0 Å². The molecule has 1 N–H and O–H groups in total. The van der Waals surface area contributed by atoms with Crippen molar-refractivity contribution in [1.29, 1.82) is 0 Å². The third kappa shape index (κ3) is 5.27. The summed E-state index contributed by atoms with van der Waals surface area (Å²) in [6, 6.07) is 4.05. The Bertz CT molecular complexity index is 788. The van der Waals surface area contributed by atoms with Crippen molar-refractivity contribution in [3.8, 4) is 11.5 Å². The molecule has 1 aromatic carbocycles. The van der Waals surface area contributed by atoms with Crippen LogP contribution in [0.15, 0.2) is 12.1 Å². The standard InChI is InChI=1S/C25H39NO5/c1-6-7-8-9-12-24(2,3)18-14-21(27)23-19-13-17(16-30-26(28)29)10-11-20(19)25(4,5)31-22(23)15-18/h14-15,17,19-20,27H,6-13,16H2,1-5H3/t17-,19-,20-/m1/s1. The lowest BCUT2D eigenvalue weighted by molar-refractivity contribution is -0.759. The highest BCUT2D eigenvalue weighted by atomic mass is 16.9. The molecule has 1 aliphatic carbocycles. The van der Waals surface area contributed by atoms with Crippen LogP contribution in [0.5, 0.6) is 11.5 Å². The van der Waals surface area contributed by atoms with E-state index in [9.17, 15) is 15.2 Å². The van der Waals surface area contributed by atoms with Gasteiger partial charge in [-0.25, -0.2) is 0 Å². The van der Waals surface area contributed by atoms with Crippen molar-refractivity contribution in [2.45, 2.75) is 103 Å². The minimum atomic E-state index is -0.708. The van der Waals surface area contributed by atoms with E-state index in [-0.39, 0.29) is 35.4 Å². The molecule has 0 unspecified atom stereocenters. The highest BCUT2D eigenvalue weighted by Crippen LogP contribution is 2.56. The SMILES string of the molecule is CCCCCCC(C)(C)c1cc(O)c2c(c1)OC(C)(C)[C@@H]1CC[C@@H](CO[N+](=O)[O-])C[C@@H]21. The fraction of sp³-hybridized carbons (Fsp3) is 0.760. The molecule has 1 heterocycles. The van der Waals surface area contributed by atoms with E-state index in [4.69, 9.17) is 4.74 Å². The zero-order valence-corrected chi connectivity index (χ0v) is 19.8. The molecule has 0 amide bonds. The lowest BCUT2D eigenvalue weighted by atomic mass is 9.63. The summed E-state index contributed by atoms with van der Waals surface area (Å²) in [5.41, 5.74) is 1.60. The van der Waals surface area contributed by atoms with Gasteiger partial charge in [0.15, 0.2) is 0 Å². The third-order valence-electron chi connectivity index (χ3n) is 7.57. The van der Waals surface area contributed by atoms with E-state index in [1.165, 1.54) is 25.7 Å². The number of rotatable bonds is 9. The van der Waals surface area contributed by atoms with Crippen LogP contribution in [-0.2, 0) is 10.3 Å². The van der Waals surface area contributed by atoms with Crippen molar-refractivity contribution in [1.82, 2.24) is 0 Å². The van der Waals surface area contributed by atoms with Crippen molar-refractivity contribution in [2.75, 3.05) is 6.61 Å². The Labute approximate surface area is 186 Å². The van der Waals surface area contributed by atoms with Crippen molar-refractivity contribution in [2.24, 2.45) is 11.8 Å². The second-order valence-electron chi connectivity index (χ2n) is 10.7. The van der Waals surface area contributed by atoms with Crippen LogP contribution in [0.1, 0.15) is 103 Å². The molecule has 31 heavy (non-hydrogen) atoms. The summed E-state index contributed by atoms with van der Waals surface area (Å²) in [5.74, 6) is 1.58. The average molecular weight is 434 g/mol. The van der Waals surface area contributed by atoms with Gasteiger partial charge in [-0.2, -0.15) is 0 Å². The Balaban J connectivity index is 1.87. The second-order valence-corrected chi connectivity index (χ2v) is 10.7. The van der Waals surface area contributed by atoms with Gasteiger partial charge in [-0.1, -0.05) is 46.5 Å². The fourth-order valence-electron chi connectivity index (χ4n) is 5.68. The van der Waals surface area contributed by atoms with Crippen molar-refractivity contribution in [3.05, 3.63) is 33.4 Å². The van der Waals surface area contributed by atoms with Gasteiger partial charge in [-0.05, 0) is 74.5 Å². The number of hydrogen-bond donors (Lipinski definition) is 1. The summed E-state index contributed by atoms with van der Waals surface area (Å²) < 4.78 is 6.48. The molecule has 0 radical (unpaired) electrons. The van der Waals surface area contributed by atoms with Gasteiger partial charge in [0.2, 0.25) is 0 Å². The zero-order chi connectivity index (χ0) is 22.8. The molecule has 0 saturated heterocycles. The van der Waals surface area contributed by atoms with Crippen LogP contribution in [0.2, 0.25) is 0 Å². The molecule has 1 aromatic rings. The molecular weight excluding hydrogens is 394 g/mol. The molecule has 2 aliphatic rings. The normalized spacial score (nSPS) is 24.6. The summed E-state index contributed by atoms with van der Waals surface area (Å²) in [5, 5.41) is 21.0. The van der Waals surface area contributed by atoms with E-state index in [1.807, 2.05) is 6.07 Å². The van der Waals surface area contributed by atoms with Crippen LogP contribution in [0, 0.1) is 22.0 Å². The van der Waals surface area contributed by atoms with Crippen LogP contribution in [0.25, 0.3) is 0 Å². The maximum atomic E-state index is 11.1. The van der Waals surface area contributed by atoms with Crippen LogP contribution in [0.4, 0.5) is 0 Å². The molecular formula is C25H39NO5. The van der Waals surface area contributed by atoms with E-state index in [2.05, 4.69) is 45.5 Å². The zero-order valence-electron chi connectivity index (χ0n) is 19.8. The summed E-state index contributed by atoms with van der Waals surface area (Å²) in [4.78, 5) is 15.3. The molecule has 0 spiro atoms. The molecule has 1 fully saturated rings. The number of hydrogen-bond acceptors (Lipinski definition) is 5. The van der Waals surface area contributed by atoms with Crippen LogP contribution < -0.4 is 4.74 Å². The van der Waals surface area contributed by atoms with E-state index in [1.54, 1.807) is 0 Å². The number of phenolic OH excluding ortho intramolecular Hbond substituents is 1. The molecule has 6 nitrogen and oxygen atoms in total. The largest absolute Gasteiger partial charge is 0.508 e. The number of unbranched alkanes of at least 4 members (excludes halogenated alkanes) is 3. The first-order valence-corrected chi connectivity index (χ1v) is 11.9. The van der Waals surface area contributed by atoms with Crippen LogP contribution in [-0.4, -0.2) is 22.4 Å². The summed E-state index contributed by atoms with van der Waals surface area (Å²) >= 11 is 0. The number of ether oxygens (including phenoxy) is 1. The second kappa shape index (κ2) is 9.25. The number of aromatic hydroxyl groups is 1. The van der Waals surface area contributed by atoms with Gasteiger partial charge >= 0.3 is 0 Å². The van der Waals surface area contributed by atoms with Crippen molar-refractivity contribution in [3.63, 3.8) is 0 Å². The number of fused-ring (bicyclic) bond motifs is 3. The molecule has 6 heteroatoms. The Morgan fingerprint density at radius 3 is 2.68 bits per heavy atom. The Kier molecular flexibility index (Phi) is 7.07. The molecule has 0 bridgehead atoms. The molecule has 1 saturated carbocycles. The van der Waals surface area contributed by atoms with E-state index < -0.39 is 5.09 Å². The minimum absolute atomic E-state index is 0.0424.